The number of thiocarbonyl (C=S) groups is 1. The second-order valence-corrected chi connectivity index (χ2v) is 7.40. The minimum atomic E-state index is -0.266. The van der Waals surface area contributed by atoms with Gasteiger partial charge >= 0.3 is 0 Å². The maximum atomic E-state index is 6.11. The molecule has 132 valence electrons. The molecule has 0 saturated carbocycles. The lowest BCUT2D eigenvalue weighted by molar-refractivity contribution is 0.0695. The summed E-state index contributed by atoms with van der Waals surface area (Å²) >= 11 is 5.53. The minimum Gasteiger partial charge on any atom is -0.497 e. The quantitative estimate of drug-likeness (QED) is 0.787. The average Bonchev–Trinajstić information content (AvgIpc) is 2.53. The lowest BCUT2D eigenvalue weighted by atomic mass is 9.89. The van der Waals surface area contributed by atoms with Crippen LogP contribution in [0.2, 0.25) is 0 Å². The Morgan fingerprint density at radius 2 is 2.04 bits per heavy atom. The molecule has 0 bridgehead atoms. The van der Waals surface area contributed by atoms with Gasteiger partial charge in [-0.3, -0.25) is 0 Å². The van der Waals surface area contributed by atoms with Gasteiger partial charge in [-0.05, 0) is 68.9 Å². The fourth-order valence-corrected chi connectivity index (χ4v) is 3.40. The first kappa shape index (κ1) is 17.5. The van der Waals surface area contributed by atoms with Crippen molar-refractivity contribution in [1.82, 2.24) is 5.32 Å². The number of hydrogen-bond acceptors (Lipinski definition) is 3. The van der Waals surface area contributed by atoms with Crippen molar-refractivity contribution in [2.45, 2.75) is 38.8 Å². The molecule has 0 spiro atoms. The van der Waals surface area contributed by atoms with Crippen molar-refractivity contribution in [3.8, 4) is 11.5 Å². The van der Waals surface area contributed by atoms with Crippen LogP contribution >= 0.6 is 12.2 Å². The van der Waals surface area contributed by atoms with Crippen molar-refractivity contribution < 1.29 is 9.47 Å². The maximum Gasteiger partial charge on any atom is 0.171 e. The first-order valence-corrected chi connectivity index (χ1v) is 8.78. The third-order valence-corrected chi connectivity index (χ3v) is 4.48. The number of benzene rings is 2. The number of nitrogens with one attached hydrogen (secondary N) is 2. The lowest BCUT2D eigenvalue weighted by Gasteiger charge is -2.38. The van der Waals surface area contributed by atoms with Crippen LogP contribution in [0.4, 0.5) is 5.69 Å². The van der Waals surface area contributed by atoms with Crippen LogP contribution in [-0.4, -0.2) is 17.8 Å². The van der Waals surface area contributed by atoms with Crippen molar-refractivity contribution in [2.75, 3.05) is 12.4 Å². The van der Waals surface area contributed by atoms with Gasteiger partial charge in [-0.25, -0.2) is 0 Å². The van der Waals surface area contributed by atoms with Crippen molar-refractivity contribution in [3.63, 3.8) is 0 Å². The van der Waals surface area contributed by atoms with Crippen molar-refractivity contribution in [3.05, 3.63) is 53.6 Å². The third-order valence-electron chi connectivity index (χ3n) is 4.26. The highest BCUT2D eigenvalue weighted by atomic mass is 32.1. The highest BCUT2D eigenvalue weighted by Gasteiger charge is 2.34. The zero-order valence-electron chi connectivity index (χ0n) is 15.1. The minimum absolute atomic E-state index is 0.0543. The van der Waals surface area contributed by atoms with Crippen LogP contribution in [0, 0.1) is 6.92 Å². The van der Waals surface area contributed by atoms with Gasteiger partial charge in [-0.2, -0.15) is 0 Å². The van der Waals surface area contributed by atoms with E-state index in [4.69, 9.17) is 21.7 Å². The van der Waals surface area contributed by atoms with Crippen LogP contribution in [0.1, 0.15) is 37.4 Å². The third kappa shape index (κ3) is 4.23. The molecule has 0 amide bonds. The summed E-state index contributed by atoms with van der Waals surface area (Å²) < 4.78 is 11.5. The first-order chi connectivity index (χ1) is 11.9. The number of hydrogen-bond donors (Lipinski definition) is 2. The Hall–Kier alpha value is -2.27. The smallest absolute Gasteiger partial charge is 0.171 e. The molecule has 5 heteroatoms. The van der Waals surface area contributed by atoms with E-state index in [0.717, 1.165) is 29.2 Å². The highest BCUT2D eigenvalue weighted by molar-refractivity contribution is 7.80. The molecule has 2 N–H and O–H groups in total. The van der Waals surface area contributed by atoms with Crippen LogP contribution in [0.3, 0.4) is 0 Å². The topological polar surface area (TPSA) is 42.5 Å². The number of anilines is 1. The van der Waals surface area contributed by atoms with Crippen molar-refractivity contribution in [2.24, 2.45) is 0 Å². The Morgan fingerprint density at radius 1 is 1.24 bits per heavy atom. The molecule has 3 rings (SSSR count). The second-order valence-electron chi connectivity index (χ2n) is 6.99. The van der Waals surface area contributed by atoms with E-state index in [1.165, 1.54) is 5.56 Å². The predicted octanol–water partition coefficient (Wildman–Crippen LogP) is 4.59. The van der Waals surface area contributed by atoms with Crippen LogP contribution < -0.4 is 20.1 Å². The molecule has 25 heavy (non-hydrogen) atoms. The van der Waals surface area contributed by atoms with E-state index in [2.05, 4.69) is 43.5 Å². The molecule has 1 atom stereocenters. The Labute approximate surface area is 154 Å². The number of methoxy groups -OCH3 is 1. The van der Waals surface area contributed by atoms with E-state index in [0.29, 0.717) is 5.11 Å². The van der Waals surface area contributed by atoms with Gasteiger partial charge in [0.25, 0.3) is 0 Å². The fourth-order valence-electron chi connectivity index (χ4n) is 3.14. The largest absolute Gasteiger partial charge is 0.497 e. The van der Waals surface area contributed by atoms with E-state index in [-0.39, 0.29) is 11.6 Å². The lowest BCUT2D eigenvalue weighted by Crippen LogP contribution is -2.42. The van der Waals surface area contributed by atoms with Gasteiger partial charge in [0.2, 0.25) is 0 Å². The molecule has 0 aliphatic carbocycles. The summed E-state index contributed by atoms with van der Waals surface area (Å²) in [7, 11) is 1.67. The number of aryl methyl sites for hydroxylation is 1. The van der Waals surface area contributed by atoms with E-state index < -0.39 is 0 Å². The molecule has 0 saturated heterocycles. The Bertz CT molecular complexity index is 789. The van der Waals surface area contributed by atoms with E-state index in [1.54, 1.807) is 7.11 Å². The monoisotopic (exact) mass is 356 g/mol. The van der Waals surface area contributed by atoms with Crippen molar-refractivity contribution in [1.29, 1.82) is 0 Å². The highest BCUT2D eigenvalue weighted by Crippen LogP contribution is 2.41. The predicted molar refractivity (Wildman–Crippen MR) is 106 cm³/mol. The first-order valence-electron chi connectivity index (χ1n) is 8.37. The zero-order chi connectivity index (χ0) is 18.0. The molecule has 2 aromatic carbocycles. The summed E-state index contributed by atoms with van der Waals surface area (Å²) in [6.07, 6.45) is 0.808. The summed E-state index contributed by atoms with van der Waals surface area (Å²) in [5.74, 6) is 1.68. The zero-order valence-corrected chi connectivity index (χ0v) is 15.9. The van der Waals surface area contributed by atoms with E-state index in [1.807, 2.05) is 30.3 Å². The number of rotatable bonds is 3. The van der Waals surface area contributed by atoms with Gasteiger partial charge in [0, 0.05) is 17.7 Å². The van der Waals surface area contributed by atoms with Crippen LogP contribution in [-0.2, 0) is 0 Å². The molecular weight excluding hydrogens is 332 g/mol. The summed E-state index contributed by atoms with van der Waals surface area (Å²) in [5.41, 5.74) is 2.97. The SMILES string of the molecule is COc1ccc2c(c1)[C@@H](NC(=S)Nc1cccc(C)c1)CC(C)(C)O2. The summed E-state index contributed by atoms with van der Waals surface area (Å²) in [6.45, 7) is 6.24. The fraction of sp³-hybridized carbons (Fsp3) is 0.350. The van der Waals surface area contributed by atoms with Crippen LogP contribution in [0.5, 0.6) is 11.5 Å². The van der Waals surface area contributed by atoms with Gasteiger partial charge in [-0.1, -0.05) is 12.1 Å². The summed E-state index contributed by atoms with van der Waals surface area (Å²) in [4.78, 5) is 0. The average molecular weight is 356 g/mol. The normalized spacial score (nSPS) is 17.8. The van der Waals surface area contributed by atoms with Gasteiger partial charge in [-0.15, -0.1) is 0 Å². The standard InChI is InChI=1S/C20H24N2O2S/c1-13-6-5-7-14(10-13)21-19(25)22-17-12-20(2,3)24-18-9-8-15(23-4)11-16(17)18/h5-11,17H,12H2,1-4H3,(H2,21,22,25)/t17-/m0/s1. The molecule has 0 fully saturated rings. The molecule has 1 aliphatic rings. The number of ether oxygens (including phenoxy) is 2. The Balaban J connectivity index is 1.80. The molecular formula is C20H24N2O2S. The van der Waals surface area contributed by atoms with Crippen molar-refractivity contribution >= 4 is 23.0 Å². The molecule has 0 aromatic heterocycles. The summed E-state index contributed by atoms with van der Waals surface area (Å²) in [5, 5.41) is 7.30. The van der Waals surface area contributed by atoms with Crippen LogP contribution in [0.15, 0.2) is 42.5 Å². The van der Waals surface area contributed by atoms with Gasteiger partial charge in [0.1, 0.15) is 17.1 Å². The number of fused-ring (bicyclic) bond motifs is 1. The maximum absolute atomic E-state index is 6.11. The molecule has 1 aliphatic heterocycles. The van der Waals surface area contributed by atoms with Crippen LogP contribution in [0.25, 0.3) is 0 Å². The van der Waals surface area contributed by atoms with Gasteiger partial charge in [0.15, 0.2) is 5.11 Å². The van der Waals surface area contributed by atoms with Gasteiger partial charge in [0.05, 0.1) is 13.2 Å². The molecule has 4 nitrogen and oxygen atoms in total. The van der Waals surface area contributed by atoms with E-state index >= 15 is 0 Å². The molecule has 2 aromatic rings. The van der Waals surface area contributed by atoms with E-state index in [9.17, 15) is 0 Å². The Morgan fingerprint density at radius 3 is 2.76 bits per heavy atom. The van der Waals surface area contributed by atoms with Gasteiger partial charge < -0.3 is 20.1 Å². The molecule has 0 unspecified atom stereocenters. The summed E-state index contributed by atoms with van der Waals surface area (Å²) in [6, 6.07) is 14.1. The second kappa shape index (κ2) is 6.92. The molecule has 1 heterocycles. The Kier molecular flexibility index (Phi) is 4.86. The molecule has 0 radical (unpaired) electrons.